The van der Waals surface area contributed by atoms with Gasteiger partial charge in [0, 0.05) is 30.9 Å². The molecule has 0 aromatic rings. The van der Waals surface area contributed by atoms with E-state index in [1.54, 1.807) is 20.8 Å². The average Bonchev–Trinajstić information content (AvgIpc) is 1.02. The van der Waals surface area contributed by atoms with Gasteiger partial charge in [0.25, 0.3) is 0 Å². The fourth-order valence-corrected chi connectivity index (χ4v) is 11.8. The Morgan fingerprint density at radius 1 is 0.448 bits per heavy atom. The van der Waals surface area contributed by atoms with Crippen LogP contribution < -0.4 is 43.0 Å². The number of aliphatic hydroxyl groups is 1. The van der Waals surface area contributed by atoms with E-state index in [0.717, 1.165) is 74.9 Å². The Labute approximate surface area is 583 Å². The average molecular weight is 1390 g/mol. The molecule has 550 valence electrons. The van der Waals surface area contributed by atoms with Crippen molar-refractivity contribution >= 4 is 87.4 Å². The van der Waals surface area contributed by atoms with Crippen LogP contribution in [0.5, 0.6) is 0 Å². The largest absolute Gasteiger partial charge is 0.460 e. The Morgan fingerprint density at radius 2 is 0.792 bits per heavy atom. The SMILES string of the molecule is C=CCOC(=O)NC(=NCCC[C@H](N)C(=O)N[C@@H](CSC(=O)CCCCCCCCCCCCCCC)C(=O)N[C@H](C(=O)N[C@H](C(=O)N[C@@H](CSC(=O)CCCCCCCCCCCCCCC)C(=O)N[C@H](C(=O)OCC=C)[C@@H](C)CC)[C@@H](C)CC)[C@@H](C)O)NC(=O)OCC=C. The molecule has 10 N–H and O–H groups in total. The molecule has 0 radical (unpaired) electrons. The number of rotatable bonds is 58. The van der Waals surface area contributed by atoms with E-state index in [-0.39, 0.29) is 79.7 Å². The Bertz CT molecular complexity index is 2270. The molecule has 0 fully saturated rings. The second-order valence-corrected chi connectivity index (χ2v) is 27.0. The number of guanidine groups is 1. The van der Waals surface area contributed by atoms with Gasteiger partial charge in [0.05, 0.1) is 12.1 Å². The van der Waals surface area contributed by atoms with Gasteiger partial charge in [-0.1, -0.05) is 270 Å². The molecule has 0 aliphatic rings. The number of thioether (sulfide) groups is 2. The maximum absolute atomic E-state index is 14.5. The van der Waals surface area contributed by atoms with E-state index in [4.69, 9.17) is 19.9 Å². The number of amides is 7. The lowest BCUT2D eigenvalue weighted by molar-refractivity contribution is -0.148. The maximum Gasteiger partial charge on any atom is 0.414 e. The number of nitrogens with zero attached hydrogens (tertiary/aromatic N) is 1. The first-order valence-electron chi connectivity index (χ1n) is 35.8. The summed E-state index contributed by atoms with van der Waals surface area (Å²) < 4.78 is 15.2. The van der Waals surface area contributed by atoms with E-state index >= 15 is 0 Å². The quantitative estimate of drug-likeness (QED) is 0.00682. The maximum atomic E-state index is 14.5. The third kappa shape index (κ3) is 45.7. The molecule has 0 spiro atoms. The van der Waals surface area contributed by atoms with Crippen molar-refractivity contribution in [1.29, 1.82) is 0 Å². The van der Waals surface area contributed by atoms with Crippen LogP contribution in [0.25, 0.3) is 0 Å². The van der Waals surface area contributed by atoms with Crippen LogP contribution in [0.15, 0.2) is 43.0 Å². The molecule has 0 saturated carbocycles. The van der Waals surface area contributed by atoms with Gasteiger partial charge in [-0.2, -0.15) is 0 Å². The van der Waals surface area contributed by atoms with E-state index < -0.39 is 102 Å². The molecule has 0 saturated heterocycles. The summed E-state index contributed by atoms with van der Waals surface area (Å²) in [7, 11) is 0. The van der Waals surface area contributed by atoms with E-state index in [1.807, 2.05) is 6.92 Å². The zero-order valence-corrected chi connectivity index (χ0v) is 61.1. The second kappa shape index (κ2) is 59.3. The van der Waals surface area contributed by atoms with Gasteiger partial charge < -0.3 is 51.6 Å². The molecule has 9 atom stereocenters. The molecule has 0 aliphatic heterocycles. The molecule has 23 nitrogen and oxygen atoms in total. The van der Waals surface area contributed by atoms with Crippen LogP contribution in [0.4, 0.5) is 9.59 Å². The van der Waals surface area contributed by atoms with Crippen molar-refractivity contribution < 1.29 is 67.3 Å². The monoisotopic (exact) mass is 1390 g/mol. The molecule has 0 aromatic heterocycles. The van der Waals surface area contributed by atoms with Crippen LogP contribution in [0.1, 0.15) is 254 Å². The van der Waals surface area contributed by atoms with Gasteiger partial charge in [0.1, 0.15) is 50.0 Å². The Morgan fingerprint density at radius 3 is 1.18 bits per heavy atom. The van der Waals surface area contributed by atoms with Crippen LogP contribution in [-0.4, -0.2) is 149 Å². The normalized spacial score (nSPS) is 13.8. The van der Waals surface area contributed by atoms with Gasteiger partial charge in [-0.3, -0.25) is 49.2 Å². The van der Waals surface area contributed by atoms with Crippen molar-refractivity contribution in [2.45, 2.75) is 296 Å². The summed E-state index contributed by atoms with van der Waals surface area (Å²) in [5.41, 5.74) is 6.34. The number of alkyl carbamates (subject to hydrolysis) is 2. The van der Waals surface area contributed by atoms with Crippen molar-refractivity contribution in [2.75, 3.05) is 37.9 Å². The number of carbonyl (C=O) groups is 10. The molecule has 7 amide bonds. The summed E-state index contributed by atoms with van der Waals surface area (Å²) >= 11 is 1.70. The Balaban J connectivity index is 6.57. The predicted molar refractivity (Wildman–Crippen MR) is 386 cm³/mol. The highest BCUT2D eigenvalue weighted by Crippen LogP contribution is 2.20. The topological polar surface area (TPSA) is 341 Å². The summed E-state index contributed by atoms with van der Waals surface area (Å²) in [6.07, 6.45) is 31.5. The van der Waals surface area contributed by atoms with E-state index in [2.05, 4.69) is 75.8 Å². The number of esters is 1. The molecule has 96 heavy (non-hydrogen) atoms. The lowest BCUT2D eigenvalue weighted by atomic mass is 9.97. The minimum atomic E-state index is -1.73. The standard InChI is InChI=1S/C71H125N9O14S2/c1-11-18-20-22-24-26-28-30-32-34-36-38-40-44-58(82)95-50-56(74-63(84)55(72)43-42-46-73-69(79-70(90)93-48-14-4)80-71(91)94-49-15-5)65(86)78-62(54(10)81)67(88)76-60(52(8)16-6)66(87)75-57(64(85)77-61(53(9)17-7)68(89)92-47-13-3)51-96-59(83)45-41-39-37-35-33-31-29-27-25-23-21-19-12-2/h13-15,52-57,60-62,81H,3-5,11-12,16-51,72H2,1-2,6-10H3,(H,74,84)(H,75,87)(H,76,88)(H,77,85)(H,78,86)(H2,73,79,80,90,91)/t52-,53-,54+,55-,56-,57-,60-,61-,62-/m0/s1. The highest BCUT2D eigenvalue weighted by molar-refractivity contribution is 8.13. The van der Waals surface area contributed by atoms with E-state index in [9.17, 15) is 53.1 Å². The number of nitrogens with one attached hydrogen (secondary N) is 7. The van der Waals surface area contributed by atoms with Gasteiger partial charge >= 0.3 is 18.2 Å². The fraction of sp³-hybridized carbons (Fsp3) is 0.761. The Hall–Kier alpha value is -5.79. The smallest absolute Gasteiger partial charge is 0.414 e. The molecule has 0 unspecified atom stereocenters. The van der Waals surface area contributed by atoms with Crippen molar-refractivity contribution in [3.05, 3.63) is 38.0 Å². The summed E-state index contributed by atoms with van der Waals surface area (Å²) in [5.74, 6) is -6.88. The molecule has 0 aromatic carbocycles. The number of unbranched alkanes of at least 4 members (excludes halogenated alkanes) is 24. The third-order valence-electron chi connectivity index (χ3n) is 16.4. The molecule has 25 heteroatoms. The first-order valence-corrected chi connectivity index (χ1v) is 37.8. The number of hydrogen-bond acceptors (Lipinski definition) is 18. The van der Waals surface area contributed by atoms with Gasteiger partial charge in [-0.05, 0) is 44.4 Å². The Kier molecular flexibility index (Phi) is 55.7. The highest BCUT2D eigenvalue weighted by Gasteiger charge is 2.37. The van der Waals surface area contributed by atoms with Gasteiger partial charge in [0.15, 0.2) is 10.2 Å². The highest BCUT2D eigenvalue weighted by atomic mass is 32.2. The first-order chi connectivity index (χ1) is 46.1. The van der Waals surface area contributed by atoms with Gasteiger partial charge in [0.2, 0.25) is 35.5 Å². The number of hydrogen-bond donors (Lipinski definition) is 9. The third-order valence-corrected chi connectivity index (χ3v) is 18.5. The number of aliphatic hydroxyl groups excluding tert-OH is 1. The number of ether oxygens (including phenoxy) is 3. The fourth-order valence-electron chi connectivity index (χ4n) is 10.0. The minimum Gasteiger partial charge on any atom is -0.460 e. The van der Waals surface area contributed by atoms with Crippen LogP contribution in [0.3, 0.4) is 0 Å². The number of aliphatic imine (C=N–C) groups is 1. The van der Waals surface area contributed by atoms with Crippen molar-refractivity contribution in [3.63, 3.8) is 0 Å². The lowest BCUT2D eigenvalue weighted by Crippen LogP contribution is -2.63. The van der Waals surface area contributed by atoms with E-state index in [0.29, 0.717) is 25.7 Å². The van der Waals surface area contributed by atoms with Crippen molar-refractivity contribution in [3.8, 4) is 0 Å². The molecular weight excluding hydrogens is 1270 g/mol. The summed E-state index contributed by atoms with van der Waals surface area (Å²) in [5, 5.41) is 28.5. The summed E-state index contributed by atoms with van der Waals surface area (Å²) in [6.45, 7) is 22.9. The van der Waals surface area contributed by atoms with E-state index in [1.165, 1.54) is 128 Å². The predicted octanol–water partition coefficient (Wildman–Crippen LogP) is 11.4. The first kappa shape index (κ1) is 90.2. The molecule has 0 aliphatic carbocycles. The van der Waals surface area contributed by atoms with Crippen LogP contribution >= 0.6 is 23.5 Å². The number of carbonyl (C=O) groups excluding carboxylic acids is 10. The number of nitrogens with two attached hydrogens (primary N) is 1. The van der Waals surface area contributed by atoms with Crippen molar-refractivity contribution in [1.82, 2.24) is 37.2 Å². The molecule has 0 heterocycles. The zero-order valence-electron chi connectivity index (χ0n) is 59.5. The second-order valence-electron chi connectivity index (χ2n) is 24.9. The molecule has 0 rings (SSSR count). The lowest BCUT2D eigenvalue weighted by Gasteiger charge is -2.30. The molecule has 0 bridgehead atoms. The zero-order chi connectivity index (χ0) is 71.7. The summed E-state index contributed by atoms with van der Waals surface area (Å²) in [4.78, 5) is 140. The van der Waals surface area contributed by atoms with Crippen molar-refractivity contribution in [2.24, 2.45) is 22.6 Å². The van der Waals surface area contributed by atoms with Crippen LogP contribution in [0.2, 0.25) is 0 Å². The van der Waals surface area contributed by atoms with Gasteiger partial charge in [-0.15, -0.1) is 0 Å². The van der Waals surface area contributed by atoms with Crippen LogP contribution in [-0.2, 0) is 52.6 Å². The van der Waals surface area contributed by atoms with Gasteiger partial charge in [-0.25, -0.2) is 14.4 Å². The molecular formula is C71H125N9O14S2. The summed E-state index contributed by atoms with van der Waals surface area (Å²) in [6, 6.07) is -8.35. The minimum absolute atomic E-state index is 0.0284. The van der Waals surface area contributed by atoms with Crippen LogP contribution in [0, 0.1) is 11.8 Å².